The van der Waals surface area contributed by atoms with Gasteiger partial charge in [0.1, 0.15) is 6.10 Å². The third-order valence-corrected chi connectivity index (χ3v) is 2.58. The molecule has 1 rings (SSSR count). The van der Waals surface area contributed by atoms with Crippen molar-refractivity contribution in [2.45, 2.75) is 33.3 Å². The van der Waals surface area contributed by atoms with Crippen molar-refractivity contribution in [1.82, 2.24) is 5.32 Å². The van der Waals surface area contributed by atoms with Crippen LogP contribution in [0.15, 0.2) is 18.2 Å². The minimum absolute atomic E-state index is 0.315. The van der Waals surface area contributed by atoms with Crippen molar-refractivity contribution in [3.8, 4) is 0 Å². The van der Waals surface area contributed by atoms with Crippen LogP contribution in [-0.2, 0) is 11.2 Å². The molecule has 1 aromatic carbocycles. The molecule has 1 unspecified atom stereocenters. The number of hydrogen-bond acceptors (Lipinski definition) is 2. The fourth-order valence-corrected chi connectivity index (χ4v) is 1.54. The molecule has 0 saturated heterocycles. The Kier molecular flexibility index (Phi) is 4.50. The van der Waals surface area contributed by atoms with Crippen LogP contribution in [-0.4, -0.2) is 23.7 Å². The summed E-state index contributed by atoms with van der Waals surface area (Å²) in [5.41, 5.74) is 3.70. The minimum atomic E-state index is -0.932. The molecule has 3 heteroatoms. The average Bonchev–Trinajstić information content (AvgIpc) is 2.22. The number of carbonyl (C=O) groups is 1. The first-order valence-electron chi connectivity index (χ1n) is 5.52. The molecule has 0 radical (unpaired) electrons. The normalized spacial score (nSPS) is 12.2. The Morgan fingerprint density at radius 3 is 2.75 bits per heavy atom. The van der Waals surface area contributed by atoms with Gasteiger partial charge in [-0.25, -0.2) is 0 Å². The second kappa shape index (κ2) is 5.66. The van der Waals surface area contributed by atoms with Gasteiger partial charge in [-0.05, 0) is 38.3 Å². The molecule has 0 spiro atoms. The Labute approximate surface area is 96.5 Å². The molecule has 0 aromatic heterocycles. The molecule has 1 amide bonds. The highest BCUT2D eigenvalue weighted by molar-refractivity contribution is 5.79. The van der Waals surface area contributed by atoms with Crippen molar-refractivity contribution in [3.63, 3.8) is 0 Å². The standard InChI is InChI=1S/C13H19NO2/c1-9-4-5-10(2)12(8-9)6-7-14-13(16)11(3)15/h4-5,8,11,15H,6-7H2,1-3H3,(H,14,16). The van der Waals surface area contributed by atoms with E-state index in [1.54, 1.807) is 0 Å². The highest BCUT2D eigenvalue weighted by Crippen LogP contribution is 2.10. The first-order valence-corrected chi connectivity index (χ1v) is 5.52. The number of amides is 1. The molecule has 0 heterocycles. The van der Waals surface area contributed by atoms with Crippen LogP contribution in [0, 0.1) is 13.8 Å². The second-order valence-corrected chi connectivity index (χ2v) is 4.15. The summed E-state index contributed by atoms with van der Waals surface area (Å²) in [7, 11) is 0. The maximum Gasteiger partial charge on any atom is 0.248 e. The number of aliphatic hydroxyl groups excluding tert-OH is 1. The fourth-order valence-electron chi connectivity index (χ4n) is 1.54. The van der Waals surface area contributed by atoms with E-state index >= 15 is 0 Å². The van der Waals surface area contributed by atoms with Gasteiger partial charge in [-0.15, -0.1) is 0 Å². The highest BCUT2D eigenvalue weighted by Gasteiger charge is 2.07. The molecule has 2 N–H and O–H groups in total. The Morgan fingerprint density at radius 2 is 2.12 bits per heavy atom. The van der Waals surface area contributed by atoms with Crippen LogP contribution in [0.25, 0.3) is 0 Å². The lowest BCUT2D eigenvalue weighted by atomic mass is 10.0. The van der Waals surface area contributed by atoms with Gasteiger partial charge in [0.05, 0.1) is 0 Å². The molecule has 88 valence electrons. The van der Waals surface area contributed by atoms with E-state index < -0.39 is 6.10 Å². The molecule has 3 nitrogen and oxygen atoms in total. The summed E-state index contributed by atoms with van der Waals surface area (Å²) >= 11 is 0. The molecular weight excluding hydrogens is 202 g/mol. The maximum absolute atomic E-state index is 11.1. The van der Waals surface area contributed by atoms with Crippen molar-refractivity contribution in [3.05, 3.63) is 34.9 Å². The molecule has 0 fully saturated rings. The second-order valence-electron chi connectivity index (χ2n) is 4.15. The summed E-state index contributed by atoms with van der Waals surface area (Å²) in [4.78, 5) is 11.1. The molecule has 1 aromatic rings. The van der Waals surface area contributed by atoms with Crippen molar-refractivity contribution >= 4 is 5.91 Å². The summed E-state index contributed by atoms with van der Waals surface area (Å²) in [5, 5.41) is 11.7. The van der Waals surface area contributed by atoms with Crippen LogP contribution in [0.4, 0.5) is 0 Å². The van der Waals surface area contributed by atoms with E-state index in [-0.39, 0.29) is 5.91 Å². The zero-order valence-electron chi connectivity index (χ0n) is 10.1. The van der Waals surface area contributed by atoms with Gasteiger partial charge < -0.3 is 10.4 Å². The number of carbonyl (C=O) groups excluding carboxylic acids is 1. The topological polar surface area (TPSA) is 49.3 Å². The zero-order chi connectivity index (χ0) is 12.1. The van der Waals surface area contributed by atoms with Crippen LogP contribution in [0.2, 0.25) is 0 Å². The maximum atomic E-state index is 11.1. The molecule has 0 aliphatic heterocycles. The van der Waals surface area contributed by atoms with E-state index in [4.69, 9.17) is 5.11 Å². The summed E-state index contributed by atoms with van der Waals surface area (Å²) in [6.45, 7) is 6.14. The molecule has 1 atom stereocenters. The van der Waals surface area contributed by atoms with E-state index in [9.17, 15) is 4.79 Å². The van der Waals surface area contributed by atoms with Crippen LogP contribution in [0.1, 0.15) is 23.6 Å². The van der Waals surface area contributed by atoms with Gasteiger partial charge in [0.15, 0.2) is 0 Å². The minimum Gasteiger partial charge on any atom is -0.384 e. The smallest absolute Gasteiger partial charge is 0.248 e. The van der Waals surface area contributed by atoms with Gasteiger partial charge in [-0.2, -0.15) is 0 Å². The zero-order valence-corrected chi connectivity index (χ0v) is 10.1. The monoisotopic (exact) mass is 221 g/mol. The van der Waals surface area contributed by atoms with Crippen molar-refractivity contribution < 1.29 is 9.90 Å². The third kappa shape index (κ3) is 3.66. The Bertz CT molecular complexity index is 372. The van der Waals surface area contributed by atoms with E-state index in [1.165, 1.54) is 23.6 Å². The quantitative estimate of drug-likeness (QED) is 0.806. The van der Waals surface area contributed by atoms with Crippen LogP contribution in [0.5, 0.6) is 0 Å². The van der Waals surface area contributed by atoms with Gasteiger partial charge in [-0.3, -0.25) is 4.79 Å². The SMILES string of the molecule is Cc1ccc(C)c(CCNC(=O)C(C)O)c1. The number of nitrogens with one attached hydrogen (secondary N) is 1. The number of benzene rings is 1. The molecule has 0 aliphatic carbocycles. The highest BCUT2D eigenvalue weighted by atomic mass is 16.3. The van der Waals surface area contributed by atoms with Gasteiger partial charge in [0.2, 0.25) is 5.91 Å². The average molecular weight is 221 g/mol. The largest absolute Gasteiger partial charge is 0.384 e. The number of rotatable bonds is 4. The number of aliphatic hydroxyl groups is 1. The third-order valence-electron chi connectivity index (χ3n) is 2.58. The van der Waals surface area contributed by atoms with Crippen molar-refractivity contribution in [2.24, 2.45) is 0 Å². The van der Waals surface area contributed by atoms with Crippen molar-refractivity contribution in [1.29, 1.82) is 0 Å². The Hall–Kier alpha value is -1.35. The van der Waals surface area contributed by atoms with E-state index in [0.29, 0.717) is 6.54 Å². The molecule has 16 heavy (non-hydrogen) atoms. The van der Waals surface area contributed by atoms with Crippen LogP contribution in [0.3, 0.4) is 0 Å². The molecule has 0 aliphatic rings. The van der Waals surface area contributed by atoms with Gasteiger partial charge in [0.25, 0.3) is 0 Å². The first kappa shape index (κ1) is 12.7. The summed E-state index contributed by atoms with van der Waals surface area (Å²) in [6, 6.07) is 6.29. The van der Waals surface area contributed by atoms with E-state index in [2.05, 4.69) is 37.4 Å². The summed E-state index contributed by atoms with van der Waals surface area (Å²) in [6.07, 6.45) is -0.134. The number of aryl methyl sites for hydroxylation is 2. The molecule has 0 saturated carbocycles. The van der Waals surface area contributed by atoms with E-state index in [1.807, 2.05) is 0 Å². The summed E-state index contributed by atoms with van der Waals surface area (Å²) in [5.74, 6) is -0.315. The predicted molar refractivity (Wildman–Crippen MR) is 64.3 cm³/mol. The predicted octanol–water partition coefficient (Wildman–Crippen LogP) is 1.34. The van der Waals surface area contributed by atoms with Crippen LogP contribution < -0.4 is 5.32 Å². The molecule has 0 bridgehead atoms. The Balaban J connectivity index is 2.49. The summed E-state index contributed by atoms with van der Waals surface area (Å²) < 4.78 is 0. The first-order chi connectivity index (χ1) is 7.50. The lowest BCUT2D eigenvalue weighted by molar-refractivity contribution is -0.128. The lowest BCUT2D eigenvalue weighted by Crippen LogP contribution is -2.33. The van der Waals surface area contributed by atoms with Gasteiger partial charge in [-0.1, -0.05) is 23.8 Å². The molecular formula is C13H19NO2. The van der Waals surface area contributed by atoms with Crippen LogP contribution >= 0.6 is 0 Å². The van der Waals surface area contributed by atoms with Gasteiger partial charge in [0, 0.05) is 6.54 Å². The number of hydrogen-bond donors (Lipinski definition) is 2. The fraction of sp³-hybridized carbons (Fsp3) is 0.462. The van der Waals surface area contributed by atoms with Crippen molar-refractivity contribution in [2.75, 3.05) is 6.54 Å². The lowest BCUT2D eigenvalue weighted by Gasteiger charge is -2.09. The van der Waals surface area contributed by atoms with Gasteiger partial charge >= 0.3 is 0 Å². The Morgan fingerprint density at radius 1 is 1.44 bits per heavy atom. The van der Waals surface area contributed by atoms with E-state index in [0.717, 1.165) is 6.42 Å².